The number of nitrogens with zero attached hydrogens (tertiary/aromatic N) is 3. The predicted octanol–water partition coefficient (Wildman–Crippen LogP) is 2.06. The molecule has 1 aliphatic heterocycles. The van der Waals surface area contributed by atoms with Gasteiger partial charge in [-0.1, -0.05) is 12.1 Å². The molecule has 2 aromatic carbocycles. The van der Waals surface area contributed by atoms with E-state index >= 15 is 0 Å². The Hall–Kier alpha value is -3.46. The van der Waals surface area contributed by atoms with Gasteiger partial charge in [0.25, 0.3) is 0 Å². The number of amides is 2. The lowest BCUT2D eigenvalue weighted by Crippen LogP contribution is -2.48. The number of likely N-dealkylation sites (tertiary alicyclic amines) is 1. The molecular formula is C23H22N4O5S2. The van der Waals surface area contributed by atoms with Crippen LogP contribution < -0.4 is 10.5 Å². The molecular weight excluding hydrogens is 476 g/mol. The van der Waals surface area contributed by atoms with Crippen molar-refractivity contribution >= 4 is 43.9 Å². The third kappa shape index (κ3) is 4.61. The van der Waals surface area contributed by atoms with Gasteiger partial charge < -0.3 is 15.4 Å². The summed E-state index contributed by atoms with van der Waals surface area (Å²) in [5, 5.41) is 12.3. The molecule has 2 heterocycles. The van der Waals surface area contributed by atoms with Crippen LogP contribution in [0.25, 0.3) is 10.8 Å². The van der Waals surface area contributed by atoms with Crippen LogP contribution in [0.15, 0.2) is 52.7 Å². The average molecular weight is 499 g/mol. The van der Waals surface area contributed by atoms with Crippen LogP contribution in [-0.4, -0.2) is 55.7 Å². The van der Waals surface area contributed by atoms with E-state index in [9.17, 15) is 18.0 Å². The average Bonchev–Trinajstić information content (AvgIpc) is 3.43. The summed E-state index contributed by atoms with van der Waals surface area (Å²) in [5.41, 5.74) is 6.16. The molecule has 0 aliphatic carbocycles. The number of sulfonamides is 1. The van der Waals surface area contributed by atoms with E-state index in [0.717, 1.165) is 15.3 Å². The number of primary amides is 1. The number of hydrogen-bond donors (Lipinski definition) is 1. The summed E-state index contributed by atoms with van der Waals surface area (Å²) < 4.78 is 33.3. The zero-order valence-electron chi connectivity index (χ0n) is 18.3. The SMILES string of the molecule is COc1ccc2ccc(S(=O)(=O)N(CC(N)=O)[C@H]3CCN(Cc4csc(C#N)c4)C3=O)cc2c1. The fraction of sp³-hybridized carbons (Fsp3) is 0.261. The Kier molecular flexibility index (Phi) is 6.56. The monoisotopic (exact) mass is 498 g/mol. The fourth-order valence-corrected chi connectivity index (χ4v) is 6.33. The second kappa shape index (κ2) is 9.42. The van der Waals surface area contributed by atoms with Gasteiger partial charge in [0.15, 0.2) is 0 Å². The van der Waals surface area contributed by atoms with E-state index < -0.39 is 34.4 Å². The molecule has 0 spiro atoms. The molecule has 1 aliphatic rings. The summed E-state index contributed by atoms with van der Waals surface area (Å²) in [4.78, 5) is 27.0. The first-order chi connectivity index (χ1) is 16.2. The van der Waals surface area contributed by atoms with Crippen LogP contribution >= 0.6 is 11.3 Å². The normalized spacial score (nSPS) is 16.2. The van der Waals surface area contributed by atoms with E-state index in [2.05, 4.69) is 6.07 Å². The lowest BCUT2D eigenvalue weighted by atomic mass is 10.1. The third-order valence-electron chi connectivity index (χ3n) is 5.69. The van der Waals surface area contributed by atoms with Gasteiger partial charge in [-0.15, -0.1) is 11.3 Å². The summed E-state index contributed by atoms with van der Waals surface area (Å²) in [6, 6.07) is 12.6. The number of fused-ring (bicyclic) bond motifs is 1. The highest BCUT2D eigenvalue weighted by Gasteiger charge is 2.42. The smallest absolute Gasteiger partial charge is 0.244 e. The van der Waals surface area contributed by atoms with E-state index in [1.807, 2.05) is 6.07 Å². The minimum atomic E-state index is -4.22. The van der Waals surface area contributed by atoms with Crippen LogP contribution in [-0.2, 0) is 26.2 Å². The maximum absolute atomic E-state index is 13.6. The second-order valence-electron chi connectivity index (χ2n) is 7.89. The second-order valence-corrected chi connectivity index (χ2v) is 10.7. The minimum absolute atomic E-state index is 0.0442. The zero-order chi connectivity index (χ0) is 24.5. The van der Waals surface area contributed by atoms with Gasteiger partial charge in [-0.25, -0.2) is 8.42 Å². The number of hydrogen-bond acceptors (Lipinski definition) is 7. The van der Waals surface area contributed by atoms with Gasteiger partial charge in [-0.05, 0) is 58.5 Å². The van der Waals surface area contributed by atoms with Crippen molar-refractivity contribution in [3.8, 4) is 11.8 Å². The molecule has 0 saturated carbocycles. The molecule has 1 aromatic heterocycles. The number of rotatable bonds is 8. The van der Waals surface area contributed by atoms with E-state index in [1.165, 1.54) is 35.5 Å². The minimum Gasteiger partial charge on any atom is -0.497 e. The van der Waals surface area contributed by atoms with Gasteiger partial charge in [0.05, 0.1) is 18.6 Å². The molecule has 1 atom stereocenters. The molecule has 11 heteroatoms. The van der Waals surface area contributed by atoms with E-state index in [-0.39, 0.29) is 17.9 Å². The number of nitriles is 1. The van der Waals surface area contributed by atoms with Gasteiger partial charge in [-0.3, -0.25) is 9.59 Å². The van der Waals surface area contributed by atoms with Crippen molar-refractivity contribution in [2.24, 2.45) is 5.73 Å². The standard InChI is InChI=1S/C23H22N4O5S2/c1-32-18-4-2-16-3-5-20(10-17(16)9-18)34(30,31)27(13-22(25)28)21-6-7-26(23(21)29)12-15-8-19(11-24)33-14-15/h2-5,8-10,14,21H,6-7,12-13H2,1H3,(H2,25,28)/t21-/m0/s1. The zero-order valence-corrected chi connectivity index (χ0v) is 19.9. The van der Waals surface area contributed by atoms with Gasteiger partial charge in [0.1, 0.15) is 22.7 Å². The van der Waals surface area contributed by atoms with Crippen molar-refractivity contribution in [2.75, 3.05) is 20.2 Å². The first-order valence-electron chi connectivity index (χ1n) is 10.4. The van der Waals surface area contributed by atoms with Crippen LogP contribution in [0.5, 0.6) is 5.75 Å². The molecule has 2 amide bonds. The van der Waals surface area contributed by atoms with Crippen molar-refractivity contribution in [1.82, 2.24) is 9.21 Å². The number of nitrogens with two attached hydrogens (primary N) is 1. The Morgan fingerprint density at radius 1 is 1.26 bits per heavy atom. The molecule has 1 fully saturated rings. The quantitative estimate of drug-likeness (QED) is 0.505. The number of thiophene rings is 1. The van der Waals surface area contributed by atoms with Crippen molar-refractivity contribution in [2.45, 2.75) is 23.9 Å². The van der Waals surface area contributed by atoms with Crippen LogP contribution in [0.3, 0.4) is 0 Å². The molecule has 2 N–H and O–H groups in total. The lowest BCUT2D eigenvalue weighted by Gasteiger charge is -2.26. The summed E-state index contributed by atoms with van der Waals surface area (Å²) in [5.74, 6) is -0.684. The van der Waals surface area contributed by atoms with E-state index in [1.54, 1.807) is 29.6 Å². The molecule has 1 saturated heterocycles. The summed E-state index contributed by atoms with van der Waals surface area (Å²) in [6.45, 7) is -0.0333. The maximum atomic E-state index is 13.6. The highest BCUT2D eigenvalue weighted by Crippen LogP contribution is 2.29. The lowest BCUT2D eigenvalue weighted by molar-refractivity contribution is -0.131. The molecule has 3 aromatic rings. The largest absolute Gasteiger partial charge is 0.497 e. The van der Waals surface area contributed by atoms with E-state index in [4.69, 9.17) is 15.7 Å². The topological polar surface area (TPSA) is 134 Å². The van der Waals surface area contributed by atoms with Crippen molar-refractivity contribution in [3.05, 3.63) is 58.3 Å². The van der Waals surface area contributed by atoms with Crippen LogP contribution in [0.4, 0.5) is 0 Å². The first-order valence-corrected chi connectivity index (χ1v) is 12.7. The van der Waals surface area contributed by atoms with Gasteiger partial charge in [0.2, 0.25) is 21.8 Å². The van der Waals surface area contributed by atoms with Crippen LogP contribution in [0.1, 0.15) is 16.9 Å². The predicted molar refractivity (Wildman–Crippen MR) is 126 cm³/mol. The molecule has 9 nitrogen and oxygen atoms in total. The summed E-state index contributed by atoms with van der Waals surface area (Å²) >= 11 is 1.28. The number of carbonyl (C=O) groups is 2. The third-order valence-corrected chi connectivity index (χ3v) is 8.43. The highest BCUT2D eigenvalue weighted by atomic mass is 32.2. The number of methoxy groups -OCH3 is 1. The van der Waals surface area contributed by atoms with E-state index in [0.29, 0.717) is 22.6 Å². The number of benzene rings is 2. The van der Waals surface area contributed by atoms with Gasteiger partial charge >= 0.3 is 0 Å². The van der Waals surface area contributed by atoms with Crippen LogP contribution in [0.2, 0.25) is 0 Å². The Morgan fingerprint density at radius 3 is 2.71 bits per heavy atom. The Bertz CT molecular complexity index is 1410. The van der Waals surface area contributed by atoms with Crippen molar-refractivity contribution < 1.29 is 22.7 Å². The molecule has 34 heavy (non-hydrogen) atoms. The fourth-order valence-electron chi connectivity index (χ4n) is 4.03. The van der Waals surface area contributed by atoms with Gasteiger partial charge in [0, 0.05) is 13.1 Å². The Balaban J connectivity index is 1.64. The first kappa shape index (κ1) is 23.7. The number of carbonyl (C=O) groups excluding carboxylic acids is 2. The summed E-state index contributed by atoms with van der Waals surface area (Å²) in [7, 11) is -2.70. The Labute approximate surface area is 201 Å². The Morgan fingerprint density at radius 2 is 2.03 bits per heavy atom. The summed E-state index contributed by atoms with van der Waals surface area (Å²) in [6.07, 6.45) is 0.224. The van der Waals surface area contributed by atoms with Gasteiger partial charge in [-0.2, -0.15) is 9.57 Å². The molecule has 176 valence electrons. The molecule has 0 radical (unpaired) electrons. The molecule has 0 unspecified atom stereocenters. The molecule has 0 bridgehead atoms. The van der Waals surface area contributed by atoms with Crippen molar-refractivity contribution in [1.29, 1.82) is 5.26 Å². The van der Waals surface area contributed by atoms with Crippen molar-refractivity contribution in [3.63, 3.8) is 0 Å². The maximum Gasteiger partial charge on any atom is 0.244 e. The number of ether oxygens (including phenoxy) is 1. The molecule has 4 rings (SSSR count). The highest BCUT2D eigenvalue weighted by molar-refractivity contribution is 7.89. The van der Waals surface area contributed by atoms with Crippen LogP contribution in [0, 0.1) is 11.3 Å².